The summed E-state index contributed by atoms with van der Waals surface area (Å²) in [5.41, 5.74) is 1.67. The third-order valence-electron chi connectivity index (χ3n) is 5.94. The Morgan fingerprint density at radius 3 is 2.25 bits per heavy atom. The van der Waals surface area contributed by atoms with E-state index in [1.54, 1.807) is 35.2 Å². The fourth-order valence-corrected chi connectivity index (χ4v) is 4.62. The quantitative estimate of drug-likeness (QED) is 0.458. The molecule has 0 bridgehead atoms. The molecule has 3 rings (SSSR count). The molecule has 0 unspecified atom stereocenters. The monoisotopic (exact) mass is 494 g/mol. The minimum Gasteiger partial charge on any atom is -0.352 e. The molecule has 7 heteroatoms. The molecule has 2 aromatic carbocycles. The first-order valence-electron chi connectivity index (χ1n) is 11.2. The van der Waals surface area contributed by atoms with Gasteiger partial charge in [0.25, 0.3) is 0 Å². The molecular formula is C25H29Cl3N2O2. The number of nitrogens with one attached hydrogen (secondary N) is 1. The second kappa shape index (κ2) is 11.9. The van der Waals surface area contributed by atoms with Gasteiger partial charge in [-0.05, 0) is 54.7 Å². The summed E-state index contributed by atoms with van der Waals surface area (Å²) < 4.78 is 0. The van der Waals surface area contributed by atoms with E-state index in [2.05, 4.69) is 5.32 Å². The number of carbonyl (C=O) groups is 2. The van der Waals surface area contributed by atoms with Crippen LogP contribution in [0.5, 0.6) is 0 Å². The number of rotatable bonds is 8. The number of nitrogens with zero attached hydrogens (tertiary/aromatic N) is 1. The summed E-state index contributed by atoms with van der Waals surface area (Å²) in [6.45, 7) is 2.26. The highest BCUT2D eigenvalue weighted by Crippen LogP contribution is 2.24. The molecule has 32 heavy (non-hydrogen) atoms. The summed E-state index contributed by atoms with van der Waals surface area (Å²) in [5.74, 6) is -0.222. The van der Waals surface area contributed by atoms with Gasteiger partial charge >= 0.3 is 0 Å². The Kier molecular flexibility index (Phi) is 9.27. The summed E-state index contributed by atoms with van der Waals surface area (Å²) in [6.07, 6.45) is 6.14. The molecule has 1 atom stereocenters. The highest BCUT2D eigenvalue weighted by molar-refractivity contribution is 6.42. The van der Waals surface area contributed by atoms with Crippen molar-refractivity contribution in [2.45, 2.75) is 70.5 Å². The molecule has 0 saturated heterocycles. The molecule has 0 heterocycles. The van der Waals surface area contributed by atoms with Crippen LogP contribution in [-0.2, 0) is 22.6 Å². The number of carbonyl (C=O) groups excluding carboxylic acids is 2. The molecule has 0 radical (unpaired) electrons. The molecular weight excluding hydrogens is 467 g/mol. The predicted molar refractivity (Wildman–Crippen MR) is 131 cm³/mol. The van der Waals surface area contributed by atoms with Crippen LogP contribution < -0.4 is 5.32 Å². The summed E-state index contributed by atoms with van der Waals surface area (Å²) >= 11 is 18.2. The molecule has 2 amide bonds. The smallest absolute Gasteiger partial charge is 0.243 e. The molecule has 1 fully saturated rings. The Hall–Kier alpha value is -1.75. The second-order valence-electron chi connectivity index (χ2n) is 8.34. The number of hydrogen-bond donors (Lipinski definition) is 1. The summed E-state index contributed by atoms with van der Waals surface area (Å²) in [7, 11) is 0. The first-order chi connectivity index (χ1) is 15.4. The van der Waals surface area contributed by atoms with Gasteiger partial charge in [-0.25, -0.2) is 0 Å². The number of halogens is 3. The van der Waals surface area contributed by atoms with Crippen LogP contribution in [0.3, 0.4) is 0 Å². The van der Waals surface area contributed by atoms with Gasteiger partial charge in [0, 0.05) is 17.6 Å². The highest BCUT2D eigenvalue weighted by Gasteiger charge is 2.30. The SMILES string of the molecule is CC[C@@H](C(=O)NC1CCCCC1)N(Cc1ccc(Cl)cc1)C(=O)Cc1ccc(Cl)c(Cl)c1. The minimum atomic E-state index is -0.553. The van der Waals surface area contributed by atoms with Crippen LogP contribution in [0.25, 0.3) is 0 Å². The van der Waals surface area contributed by atoms with E-state index in [0.717, 1.165) is 36.8 Å². The fraction of sp³-hybridized carbons (Fsp3) is 0.440. The average Bonchev–Trinajstić information content (AvgIpc) is 2.78. The largest absolute Gasteiger partial charge is 0.352 e. The van der Waals surface area contributed by atoms with Crippen molar-refractivity contribution in [2.75, 3.05) is 0 Å². The maximum Gasteiger partial charge on any atom is 0.243 e. The van der Waals surface area contributed by atoms with Gasteiger partial charge in [-0.15, -0.1) is 0 Å². The first kappa shape index (κ1) is 24.9. The normalized spacial score (nSPS) is 15.2. The summed E-state index contributed by atoms with van der Waals surface area (Å²) in [4.78, 5) is 28.3. The van der Waals surface area contributed by atoms with Gasteiger partial charge in [-0.1, -0.05) is 79.2 Å². The predicted octanol–water partition coefficient (Wildman–Crippen LogP) is 6.45. The van der Waals surface area contributed by atoms with E-state index in [-0.39, 0.29) is 24.3 Å². The van der Waals surface area contributed by atoms with Crippen molar-refractivity contribution in [3.8, 4) is 0 Å². The summed E-state index contributed by atoms with van der Waals surface area (Å²) in [6, 6.07) is 12.2. The first-order valence-corrected chi connectivity index (χ1v) is 12.3. The standard InChI is InChI=1S/C25H29Cl3N2O2/c1-2-23(25(32)29-20-6-4-3-5-7-20)30(16-17-8-11-19(26)12-9-17)24(31)15-18-10-13-21(27)22(28)14-18/h8-14,20,23H,2-7,15-16H2,1H3,(H,29,32)/t23-/m0/s1. The number of amides is 2. The third-order valence-corrected chi connectivity index (χ3v) is 6.93. The van der Waals surface area contributed by atoms with Gasteiger partial charge in [-0.2, -0.15) is 0 Å². The van der Waals surface area contributed by atoms with E-state index in [0.29, 0.717) is 28.0 Å². The second-order valence-corrected chi connectivity index (χ2v) is 9.59. The van der Waals surface area contributed by atoms with Crippen molar-refractivity contribution in [3.63, 3.8) is 0 Å². The van der Waals surface area contributed by atoms with Gasteiger partial charge in [-0.3, -0.25) is 9.59 Å². The summed E-state index contributed by atoms with van der Waals surface area (Å²) in [5, 5.41) is 4.67. The zero-order valence-electron chi connectivity index (χ0n) is 18.3. The van der Waals surface area contributed by atoms with Crippen molar-refractivity contribution in [2.24, 2.45) is 0 Å². The van der Waals surface area contributed by atoms with Crippen molar-refractivity contribution < 1.29 is 9.59 Å². The van der Waals surface area contributed by atoms with Crippen LogP contribution in [0, 0.1) is 0 Å². The Balaban J connectivity index is 1.81. The molecule has 1 aliphatic rings. The van der Waals surface area contributed by atoms with Gasteiger partial charge in [0.2, 0.25) is 11.8 Å². The van der Waals surface area contributed by atoms with Gasteiger partial charge in [0.05, 0.1) is 16.5 Å². The Morgan fingerprint density at radius 1 is 0.969 bits per heavy atom. The lowest BCUT2D eigenvalue weighted by atomic mass is 9.95. The lowest BCUT2D eigenvalue weighted by Gasteiger charge is -2.33. The van der Waals surface area contributed by atoms with Gasteiger partial charge in [0.15, 0.2) is 0 Å². The Bertz CT molecular complexity index is 927. The van der Waals surface area contributed by atoms with Crippen LogP contribution >= 0.6 is 34.8 Å². The molecule has 1 N–H and O–H groups in total. The molecule has 1 saturated carbocycles. The van der Waals surface area contributed by atoms with E-state index in [1.165, 1.54) is 6.42 Å². The zero-order valence-corrected chi connectivity index (χ0v) is 20.5. The Morgan fingerprint density at radius 2 is 1.62 bits per heavy atom. The van der Waals surface area contributed by atoms with Crippen LogP contribution in [0.2, 0.25) is 15.1 Å². The van der Waals surface area contributed by atoms with E-state index >= 15 is 0 Å². The van der Waals surface area contributed by atoms with Crippen molar-refractivity contribution in [1.82, 2.24) is 10.2 Å². The minimum absolute atomic E-state index is 0.0872. The molecule has 4 nitrogen and oxygen atoms in total. The number of hydrogen-bond acceptors (Lipinski definition) is 2. The van der Waals surface area contributed by atoms with E-state index in [4.69, 9.17) is 34.8 Å². The molecule has 2 aromatic rings. The Labute approximate surface area is 205 Å². The lowest BCUT2D eigenvalue weighted by Crippen LogP contribution is -2.51. The molecule has 0 spiro atoms. The molecule has 1 aliphatic carbocycles. The maximum absolute atomic E-state index is 13.4. The molecule has 172 valence electrons. The molecule has 0 aromatic heterocycles. The highest BCUT2D eigenvalue weighted by atomic mass is 35.5. The van der Waals surface area contributed by atoms with Gasteiger partial charge in [0.1, 0.15) is 6.04 Å². The van der Waals surface area contributed by atoms with Crippen molar-refractivity contribution >= 4 is 46.6 Å². The van der Waals surface area contributed by atoms with Crippen LogP contribution in [0.15, 0.2) is 42.5 Å². The zero-order chi connectivity index (χ0) is 23.1. The van der Waals surface area contributed by atoms with Crippen LogP contribution in [0.1, 0.15) is 56.6 Å². The van der Waals surface area contributed by atoms with Crippen LogP contribution in [-0.4, -0.2) is 28.8 Å². The van der Waals surface area contributed by atoms with Gasteiger partial charge < -0.3 is 10.2 Å². The number of benzene rings is 2. The molecule has 0 aliphatic heterocycles. The van der Waals surface area contributed by atoms with Crippen molar-refractivity contribution in [3.05, 3.63) is 68.7 Å². The van der Waals surface area contributed by atoms with Crippen LogP contribution in [0.4, 0.5) is 0 Å². The van der Waals surface area contributed by atoms with E-state index in [9.17, 15) is 9.59 Å². The average molecular weight is 496 g/mol. The van der Waals surface area contributed by atoms with Crippen molar-refractivity contribution in [1.29, 1.82) is 0 Å². The third kappa shape index (κ3) is 6.87. The lowest BCUT2D eigenvalue weighted by molar-refractivity contribution is -0.141. The maximum atomic E-state index is 13.4. The fourth-order valence-electron chi connectivity index (χ4n) is 4.18. The van der Waals surface area contributed by atoms with E-state index in [1.807, 2.05) is 19.1 Å². The topological polar surface area (TPSA) is 49.4 Å². The van der Waals surface area contributed by atoms with E-state index < -0.39 is 6.04 Å².